The Morgan fingerprint density at radius 2 is 1.29 bits per heavy atom. The maximum atomic E-state index is 13.8. The Morgan fingerprint density at radius 3 is 1.92 bits per heavy atom. The van der Waals surface area contributed by atoms with Crippen LogP contribution in [0.5, 0.6) is 5.75 Å². The number of hydrogen-bond acceptors (Lipinski definition) is 24. The van der Waals surface area contributed by atoms with E-state index in [1.807, 2.05) is 74.4 Å². The van der Waals surface area contributed by atoms with Gasteiger partial charge >= 0.3 is 0 Å². The molecule has 3 saturated heterocycles. The number of carbonyl (C=O) groups excluding carboxylic acids is 2. The first-order chi connectivity index (χ1) is 34.6. The highest BCUT2D eigenvalue weighted by Crippen LogP contribution is 2.45. The maximum Gasteiger partial charge on any atom is 0.251 e. The summed E-state index contributed by atoms with van der Waals surface area (Å²) in [5.74, 6) is -1.82. The van der Waals surface area contributed by atoms with Gasteiger partial charge in [-0.25, -0.2) is 0 Å². The average molecular weight is 1030 g/mol. The molecule has 0 bridgehead atoms. The molecule has 25 nitrogen and oxygen atoms in total. The van der Waals surface area contributed by atoms with E-state index in [-0.39, 0.29) is 23.1 Å². The highest BCUT2D eigenvalue weighted by molar-refractivity contribution is 6.03. The number of fused-ring (bicyclic) bond motifs is 2. The zero-order valence-electron chi connectivity index (χ0n) is 40.4. The summed E-state index contributed by atoms with van der Waals surface area (Å²) >= 11 is 0. The molecule has 0 radical (unpaired) electrons. The molecule has 73 heavy (non-hydrogen) atoms. The largest absolute Gasteiger partial charge is 0.545 e. The van der Waals surface area contributed by atoms with Crippen LogP contribution in [0.15, 0.2) is 65.9 Å². The van der Waals surface area contributed by atoms with Gasteiger partial charge in [0.15, 0.2) is 18.9 Å². The van der Waals surface area contributed by atoms with Crippen LogP contribution in [0.3, 0.4) is 0 Å². The average Bonchev–Trinajstić information content (AvgIpc) is 3.66. The molecule has 20 unspecified atom stereocenters. The molecule has 0 spiro atoms. The summed E-state index contributed by atoms with van der Waals surface area (Å²) < 4.78 is 42.0. The number of hydrogen-bond donors (Lipinski definition) is 13. The molecule has 4 fully saturated rings. The number of amides is 1. The topological polar surface area (TPSA) is 406 Å². The van der Waals surface area contributed by atoms with Crippen molar-refractivity contribution in [2.24, 2.45) is 22.9 Å². The second-order valence-electron chi connectivity index (χ2n) is 19.5. The first-order valence-corrected chi connectivity index (χ1v) is 23.8. The molecule has 25 heteroatoms. The highest BCUT2D eigenvalue weighted by Gasteiger charge is 2.54. The van der Waals surface area contributed by atoms with Crippen LogP contribution >= 0.6 is 0 Å². The van der Waals surface area contributed by atoms with Crippen LogP contribution in [-0.2, 0) is 28.4 Å². The molecular weight excluding hydrogens is 963 g/mol. The maximum absolute atomic E-state index is 13.8. The van der Waals surface area contributed by atoms with Gasteiger partial charge in [-0.3, -0.25) is 4.79 Å². The van der Waals surface area contributed by atoms with E-state index < -0.39 is 154 Å². The van der Waals surface area contributed by atoms with E-state index in [2.05, 4.69) is 5.32 Å². The predicted molar refractivity (Wildman–Crippen MR) is 253 cm³/mol. The fourth-order valence-corrected chi connectivity index (χ4v) is 9.92. The smallest absolute Gasteiger partial charge is 0.251 e. The van der Waals surface area contributed by atoms with Gasteiger partial charge in [-0.05, 0) is 48.4 Å². The van der Waals surface area contributed by atoms with E-state index in [4.69, 9.17) is 56.1 Å². The van der Waals surface area contributed by atoms with Crippen molar-refractivity contribution in [2.45, 2.75) is 129 Å². The van der Waals surface area contributed by atoms with Gasteiger partial charge in [-0.1, -0.05) is 12.1 Å². The number of aromatic carboxylic acids is 1. The number of aliphatic hydroxyl groups is 8. The van der Waals surface area contributed by atoms with Crippen LogP contribution in [0.4, 0.5) is 5.69 Å². The van der Waals surface area contributed by atoms with E-state index in [1.165, 1.54) is 18.2 Å². The summed E-state index contributed by atoms with van der Waals surface area (Å²) in [6.07, 6.45) is -17.9. The number of aliphatic hydroxyl groups excluding tert-OH is 8. The van der Waals surface area contributed by atoms with E-state index in [0.29, 0.717) is 22.5 Å². The molecule has 2 aromatic carbocycles. The van der Waals surface area contributed by atoms with Gasteiger partial charge in [-0.2, -0.15) is 0 Å². The van der Waals surface area contributed by atoms with E-state index in [0.717, 1.165) is 11.4 Å². The Hall–Kier alpha value is -4.72. The van der Waals surface area contributed by atoms with Gasteiger partial charge in [0.2, 0.25) is 0 Å². The number of likely N-dealkylation sites (N-methyl/N-ethyl adjacent to an activating group) is 1. The van der Waals surface area contributed by atoms with Gasteiger partial charge in [0.1, 0.15) is 79.0 Å². The summed E-state index contributed by atoms with van der Waals surface area (Å²) in [5.41, 5.74) is 28.4. The molecule has 20 atom stereocenters. The predicted octanol–water partition coefficient (Wildman–Crippen LogP) is -6.38. The van der Waals surface area contributed by atoms with E-state index >= 15 is 0 Å². The van der Waals surface area contributed by atoms with Crippen LogP contribution < -0.4 is 43.0 Å². The van der Waals surface area contributed by atoms with Crippen molar-refractivity contribution in [3.05, 3.63) is 88.2 Å². The number of carboxylic acids is 1. The lowest BCUT2D eigenvalue weighted by molar-refractivity contribution is -0.310. The normalized spacial score (nSPS) is 38.2. The molecule has 2 aromatic rings. The number of anilines is 1. The lowest BCUT2D eigenvalue weighted by atomic mass is 9.83. The number of benzene rings is 2. The molecule has 2 aliphatic carbocycles. The second-order valence-corrected chi connectivity index (χ2v) is 19.5. The summed E-state index contributed by atoms with van der Waals surface area (Å²) in [6, 6.07) is 4.93. The van der Waals surface area contributed by atoms with E-state index in [1.54, 1.807) is 0 Å². The summed E-state index contributed by atoms with van der Waals surface area (Å²) in [6.45, 7) is -1.95. The molecule has 4 aliphatic heterocycles. The van der Waals surface area contributed by atoms with Crippen molar-refractivity contribution < 1.29 is 88.7 Å². The number of allylic oxidation sites excluding steroid dienone is 1. The monoisotopic (exact) mass is 1030 g/mol. The number of carbonyl (C=O) groups is 2. The van der Waals surface area contributed by atoms with Crippen molar-refractivity contribution in [3.63, 3.8) is 0 Å². The third-order valence-corrected chi connectivity index (χ3v) is 14.2. The Kier molecular flexibility index (Phi) is 16.6. The fraction of sp³-hybridized carbons (Fsp3) is 0.583. The van der Waals surface area contributed by atoms with E-state index in [9.17, 15) is 55.5 Å². The van der Waals surface area contributed by atoms with Crippen LogP contribution in [-0.4, -0.2) is 228 Å². The molecule has 4 heterocycles. The van der Waals surface area contributed by atoms with Crippen molar-refractivity contribution >= 4 is 23.1 Å². The summed E-state index contributed by atoms with van der Waals surface area (Å²) in [5, 5.41) is 101. The molecule has 0 aromatic heterocycles. The Bertz CT molecular complexity index is 2430. The zero-order chi connectivity index (χ0) is 52.9. The lowest BCUT2D eigenvalue weighted by Gasteiger charge is -2.47. The van der Waals surface area contributed by atoms with Crippen LogP contribution in [0.1, 0.15) is 38.3 Å². The second kappa shape index (κ2) is 22.2. The van der Waals surface area contributed by atoms with Gasteiger partial charge in [0, 0.05) is 92.1 Å². The molecule has 6 aliphatic rings. The van der Waals surface area contributed by atoms with Crippen LogP contribution in [0.25, 0.3) is 5.57 Å². The van der Waals surface area contributed by atoms with Crippen LogP contribution in [0, 0.1) is 0 Å². The van der Waals surface area contributed by atoms with Gasteiger partial charge in [-0.15, -0.1) is 0 Å². The standard InChI is InChI=1S/C48H67N7O18/c1-54(2)19-6-9-22-27(12-19)67-28-13-20(55(3)4)7-10-23(28)32(22)21-8-5-18(11-24(21)45(65)66)44(64)53-15-29-36(59)38(61)33(51)46(68-29)72-42-31(17-57)70-48(40(42)63)73-43-35(58)25(49)14-26(50)41(43)71-47-34(52)39(62)37(60)30(16-56)69-47/h5-13,25-27,29-31,33-43,46-48,56-63H,14-17,49-52H2,1-4H3,(H,53,64)(H,65,66)/p-1. The Balaban J connectivity index is 0.965. The minimum atomic E-state index is -1.78. The third kappa shape index (κ3) is 10.8. The van der Waals surface area contributed by atoms with Gasteiger partial charge in [0.25, 0.3) is 5.91 Å². The van der Waals surface area contributed by atoms with Crippen molar-refractivity contribution in [3.8, 4) is 5.75 Å². The Morgan fingerprint density at radius 1 is 0.685 bits per heavy atom. The number of ether oxygens (including phenoxy) is 7. The minimum absolute atomic E-state index is 0.000884. The fourth-order valence-electron chi connectivity index (χ4n) is 9.92. The Labute approximate surface area is 419 Å². The molecule has 17 N–H and O–H groups in total. The quantitative estimate of drug-likeness (QED) is 0.0789. The number of carboxylic acid groups (broad SMARTS) is 1. The van der Waals surface area contributed by atoms with Crippen molar-refractivity contribution in [1.29, 1.82) is 0 Å². The lowest BCUT2D eigenvalue weighted by Crippen LogP contribution is -2.68. The number of nitrogens with one attached hydrogen (secondary N) is 1. The number of rotatable bonds is 15. The number of nitrogens with zero attached hydrogens (tertiary/aromatic N) is 2. The molecular formula is C48H66N7O18-. The highest BCUT2D eigenvalue weighted by atomic mass is 16.8. The molecule has 8 rings (SSSR count). The number of nitrogens with two attached hydrogens (primary N) is 4. The van der Waals surface area contributed by atoms with Gasteiger partial charge < -0.3 is 122 Å². The summed E-state index contributed by atoms with van der Waals surface area (Å²) in [7, 11) is 7.55. The molecule has 1 saturated carbocycles. The first-order valence-electron chi connectivity index (χ1n) is 23.8. The summed E-state index contributed by atoms with van der Waals surface area (Å²) in [4.78, 5) is 30.5. The first kappa shape index (κ1) is 54.5. The third-order valence-electron chi connectivity index (χ3n) is 14.2. The van der Waals surface area contributed by atoms with Crippen molar-refractivity contribution in [2.75, 3.05) is 52.8 Å². The molecule has 1 amide bonds. The minimum Gasteiger partial charge on any atom is -0.545 e. The SMILES string of the molecule is CN(C)C1=CC2Oc3cc(N(C)C)ccc3C(c3ccc(C(=O)NCC4OC(OC5C(CO)OC(OC6C(O)C(N)CC(N)C6OC6OC(CO)C(O)C(O)C6N)C5O)C(N)C(O)C4O)cc3C(=O)[O-])=C2C=C1. The van der Waals surface area contributed by atoms with Crippen molar-refractivity contribution in [1.82, 2.24) is 10.2 Å². The van der Waals surface area contributed by atoms with Gasteiger partial charge in [0.05, 0.1) is 37.4 Å². The molecule has 402 valence electrons. The zero-order valence-corrected chi connectivity index (χ0v) is 40.4. The van der Waals surface area contributed by atoms with Crippen LogP contribution in [0.2, 0.25) is 0 Å².